The Kier molecular flexibility index (Phi) is 4.52. The van der Waals surface area contributed by atoms with Crippen LogP contribution < -0.4 is 15.1 Å². The van der Waals surface area contributed by atoms with Gasteiger partial charge in [0.15, 0.2) is 0 Å². The Morgan fingerprint density at radius 2 is 2.08 bits per heavy atom. The number of hydrogen-bond donors (Lipinski definition) is 1. The molecule has 2 aliphatic heterocycles. The summed E-state index contributed by atoms with van der Waals surface area (Å²) < 4.78 is 0. The van der Waals surface area contributed by atoms with Gasteiger partial charge in [0.1, 0.15) is 5.82 Å². The summed E-state index contributed by atoms with van der Waals surface area (Å²) in [6.07, 6.45) is 8.71. The fraction of sp³-hybridized carbons (Fsp3) is 0.333. The maximum atomic E-state index is 4.33. The summed E-state index contributed by atoms with van der Waals surface area (Å²) in [4.78, 5) is 4.51. The highest BCUT2D eigenvalue weighted by atomic mass is 15.4. The number of benzene rings is 1. The minimum Gasteiger partial charge on any atom is -0.362 e. The Balaban J connectivity index is 1.98. The third-order valence-electron chi connectivity index (χ3n) is 4.83. The van der Waals surface area contributed by atoms with E-state index in [0.29, 0.717) is 0 Å². The zero-order valence-corrected chi connectivity index (χ0v) is 14.8. The van der Waals surface area contributed by atoms with E-state index in [1.54, 1.807) is 0 Å². The fourth-order valence-electron chi connectivity index (χ4n) is 3.54. The van der Waals surface area contributed by atoms with Crippen LogP contribution in [0.5, 0.6) is 0 Å². The number of hydrogen-bond acceptors (Lipinski definition) is 3. The van der Waals surface area contributed by atoms with E-state index in [1.165, 1.54) is 16.9 Å². The van der Waals surface area contributed by atoms with Gasteiger partial charge in [-0.2, -0.15) is 0 Å². The molecule has 2 aliphatic rings. The van der Waals surface area contributed by atoms with Crippen LogP contribution in [-0.2, 0) is 0 Å². The van der Waals surface area contributed by atoms with Crippen LogP contribution in [0.4, 0.5) is 11.4 Å². The highest BCUT2D eigenvalue weighted by Crippen LogP contribution is 2.46. The minimum absolute atomic E-state index is 0.210. The molecule has 3 heteroatoms. The molecule has 1 N–H and O–H groups in total. The lowest BCUT2D eigenvalue weighted by Crippen LogP contribution is -2.42. The van der Waals surface area contributed by atoms with Gasteiger partial charge in [0.05, 0.1) is 17.4 Å². The molecular weight excluding hydrogens is 294 g/mol. The number of piperidine rings is 1. The molecule has 0 amide bonds. The predicted molar refractivity (Wildman–Crippen MR) is 105 cm³/mol. The van der Waals surface area contributed by atoms with Crippen molar-refractivity contribution in [2.24, 2.45) is 0 Å². The zero-order chi connectivity index (χ0) is 17.3. The van der Waals surface area contributed by atoms with E-state index >= 15 is 0 Å². The first kappa shape index (κ1) is 16.4. The lowest BCUT2D eigenvalue weighted by Gasteiger charge is -2.36. The van der Waals surface area contributed by atoms with E-state index in [-0.39, 0.29) is 6.04 Å². The lowest BCUT2D eigenvalue weighted by atomic mass is 10.00. The summed E-state index contributed by atoms with van der Waals surface area (Å²) >= 11 is 0. The van der Waals surface area contributed by atoms with Gasteiger partial charge in [-0.05, 0) is 30.9 Å². The molecule has 24 heavy (non-hydrogen) atoms. The van der Waals surface area contributed by atoms with Crippen molar-refractivity contribution < 1.29 is 0 Å². The maximum absolute atomic E-state index is 4.33. The van der Waals surface area contributed by atoms with Crippen LogP contribution in [0.2, 0.25) is 0 Å². The molecule has 0 radical (unpaired) electrons. The smallest absolute Gasteiger partial charge is 0.106 e. The number of unbranched alkanes of at least 4 members (excludes halogenated alkanes) is 1. The third-order valence-corrected chi connectivity index (χ3v) is 4.83. The van der Waals surface area contributed by atoms with Crippen LogP contribution in [0.25, 0.3) is 6.08 Å². The van der Waals surface area contributed by atoms with Gasteiger partial charge in [0, 0.05) is 18.4 Å². The second kappa shape index (κ2) is 6.60. The summed E-state index contributed by atoms with van der Waals surface area (Å²) in [5, 5.41) is 3.32. The van der Waals surface area contributed by atoms with Crippen molar-refractivity contribution in [2.75, 3.05) is 16.8 Å². The minimum atomic E-state index is 0.210. The summed E-state index contributed by atoms with van der Waals surface area (Å²) in [7, 11) is 2.09. The van der Waals surface area contributed by atoms with E-state index in [4.69, 9.17) is 0 Å². The molecule has 0 aromatic heterocycles. The first-order valence-corrected chi connectivity index (χ1v) is 8.69. The van der Waals surface area contributed by atoms with E-state index < -0.39 is 0 Å². The second-order valence-electron chi connectivity index (χ2n) is 6.56. The molecule has 1 atom stereocenters. The topological polar surface area (TPSA) is 18.5 Å². The Morgan fingerprint density at radius 1 is 1.29 bits per heavy atom. The Hall–Kier alpha value is -2.42. The summed E-state index contributed by atoms with van der Waals surface area (Å²) in [5.74, 6) is 1.00. The molecule has 126 valence electrons. The number of allylic oxidation sites excluding steroid dienone is 2. The van der Waals surface area contributed by atoms with Crippen molar-refractivity contribution in [1.82, 2.24) is 5.32 Å². The first-order valence-electron chi connectivity index (χ1n) is 8.69. The number of nitrogens with zero attached hydrogens (tertiary/aromatic N) is 2. The largest absolute Gasteiger partial charge is 0.362 e. The number of nitrogens with one attached hydrogen (secondary N) is 1. The van der Waals surface area contributed by atoms with Crippen LogP contribution in [0.1, 0.15) is 38.2 Å². The summed E-state index contributed by atoms with van der Waals surface area (Å²) in [6.45, 7) is 14.8. The summed E-state index contributed by atoms with van der Waals surface area (Å²) in [6, 6.07) is 6.69. The molecule has 1 aromatic carbocycles. The maximum Gasteiger partial charge on any atom is 0.106 e. The van der Waals surface area contributed by atoms with Gasteiger partial charge >= 0.3 is 0 Å². The molecule has 2 heterocycles. The van der Waals surface area contributed by atoms with Gasteiger partial charge in [-0.15, -0.1) is 0 Å². The fourth-order valence-corrected chi connectivity index (χ4v) is 3.54. The van der Waals surface area contributed by atoms with E-state index in [0.717, 1.165) is 42.9 Å². The molecule has 1 saturated heterocycles. The number of fused-ring (bicyclic) bond motifs is 1. The van der Waals surface area contributed by atoms with Gasteiger partial charge in [-0.1, -0.05) is 57.4 Å². The molecular formula is C21H27N3. The molecule has 1 aromatic rings. The molecule has 3 rings (SSSR count). The standard InChI is InChI=1S/C21H27N3/c1-6-7-8-10-18-11-9-12-20-21(18)23(5)17(4)24(20)19-14-13-15(2)22-16(19)3/h8-12,19,22H,2-4,6-7,13-14H2,1,5H3/b10-8+. The lowest BCUT2D eigenvalue weighted by molar-refractivity contribution is 0.566. The van der Waals surface area contributed by atoms with Gasteiger partial charge in [0.2, 0.25) is 0 Å². The quantitative estimate of drug-likeness (QED) is 0.841. The zero-order valence-electron chi connectivity index (χ0n) is 14.8. The molecule has 0 bridgehead atoms. The van der Waals surface area contributed by atoms with Crippen molar-refractivity contribution in [3.8, 4) is 0 Å². The molecule has 3 nitrogen and oxygen atoms in total. The molecule has 1 unspecified atom stereocenters. The third kappa shape index (κ3) is 2.75. The van der Waals surface area contributed by atoms with Crippen LogP contribution in [0.3, 0.4) is 0 Å². The van der Waals surface area contributed by atoms with Crippen molar-refractivity contribution >= 4 is 17.5 Å². The van der Waals surface area contributed by atoms with Crippen LogP contribution >= 0.6 is 0 Å². The van der Waals surface area contributed by atoms with E-state index in [2.05, 4.69) is 79.2 Å². The monoisotopic (exact) mass is 321 g/mol. The highest BCUT2D eigenvalue weighted by molar-refractivity contribution is 5.89. The highest BCUT2D eigenvalue weighted by Gasteiger charge is 2.36. The SMILES string of the molecule is C=C1CCC(N2C(=C)N(C)c3c(/C=C/CCC)cccc32)C(=C)N1. The molecule has 0 spiro atoms. The molecule has 0 saturated carbocycles. The van der Waals surface area contributed by atoms with Gasteiger partial charge in [-0.3, -0.25) is 0 Å². The molecule has 0 aliphatic carbocycles. The first-order chi connectivity index (χ1) is 11.5. The van der Waals surface area contributed by atoms with Crippen molar-refractivity contribution in [1.29, 1.82) is 0 Å². The number of anilines is 2. The van der Waals surface area contributed by atoms with Crippen LogP contribution in [0, 0.1) is 0 Å². The Labute approximate surface area is 145 Å². The number of rotatable bonds is 4. The normalized spacial score (nSPS) is 20.8. The molecule has 1 fully saturated rings. The van der Waals surface area contributed by atoms with Crippen LogP contribution in [-0.4, -0.2) is 13.1 Å². The average molecular weight is 321 g/mol. The van der Waals surface area contributed by atoms with Crippen molar-refractivity contribution in [3.05, 3.63) is 66.8 Å². The van der Waals surface area contributed by atoms with Gasteiger partial charge < -0.3 is 15.1 Å². The average Bonchev–Trinajstić information content (AvgIpc) is 2.81. The van der Waals surface area contributed by atoms with Gasteiger partial charge in [0.25, 0.3) is 0 Å². The van der Waals surface area contributed by atoms with E-state index in [9.17, 15) is 0 Å². The predicted octanol–water partition coefficient (Wildman–Crippen LogP) is 5.01. The van der Waals surface area contributed by atoms with E-state index in [1.807, 2.05) is 0 Å². The van der Waals surface area contributed by atoms with Gasteiger partial charge in [-0.25, -0.2) is 0 Å². The van der Waals surface area contributed by atoms with Crippen molar-refractivity contribution in [2.45, 2.75) is 38.6 Å². The van der Waals surface area contributed by atoms with Crippen molar-refractivity contribution in [3.63, 3.8) is 0 Å². The Bertz CT molecular complexity index is 714. The number of para-hydroxylation sites is 1. The van der Waals surface area contributed by atoms with Crippen LogP contribution in [0.15, 0.2) is 61.2 Å². The summed E-state index contributed by atoms with van der Waals surface area (Å²) in [5.41, 5.74) is 5.73. The Morgan fingerprint density at radius 3 is 2.79 bits per heavy atom. The second-order valence-corrected chi connectivity index (χ2v) is 6.56.